The van der Waals surface area contributed by atoms with Gasteiger partial charge in [-0.25, -0.2) is 9.97 Å². The van der Waals surface area contributed by atoms with E-state index in [9.17, 15) is 4.79 Å². The van der Waals surface area contributed by atoms with Crippen molar-refractivity contribution in [3.8, 4) is 22.0 Å². The van der Waals surface area contributed by atoms with Crippen molar-refractivity contribution in [2.45, 2.75) is 20.8 Å². The van der Waals surface area contributed by atoms with Gasteiger partial charge in [0.05, 0.1) is 24.3 Å². The van der Waals surface area contributed by atoms with Crippen molar-refractivity contribution < 1.29 is 9.53 Å². The summed E-state index contributed by atoms with van der Waals surface area (Å²) in [5.74, 6) is 1.23. The lowest BCUT2D eigenvalue weighted by atomic mass is 10.2. The summed E-state index contributed by atoms with van der Waals surface area (Å²) in [6, 6.07) is 5.90. The fourth-order valence-corrected chi connectivity index (χ4v) is 3.10. The molecule has 0 unspecified atom stereocenters. The zero-order valence-corrected chi connectivity index (χ0v) is 14.6. The van der Waals surface area contributed by atoms with Gasteiger partial charge in [0.25, 0.3) is 0 Å². The van der Waals surface area contributed by atoms with Gasteiger partial charge >= 0.3 is 0 Å². The van der Waals surface area contributed by atoms with E-state index in [1.165, 1.54) is 11.3 Å². The minimum atomic E-state index is 0.438. The van der Waals surface area contributed by atoms with E-state index < -0.39 is 0 Å². The molecule has 2 heterocycles. The Hall–Kier alpha value is -2.47. The number of nitrogens with zero attached hydrogens (tertiary/aromatic N) is 3. The van der Waals surface area contributed by atoms with Gasteiger partial charge in [0, 0.05) is 18.0 Å². The maximum absolute atomic E-state index is 10.9. The predicted octanol–water partition coefficient (Wildman–Crippen LogP) is 3.80. The van der Waals surface area contributed by atoms with Crippen LogP contribution in [0.5, 0.6) is 5.75 Å². The van der Waals surface area contributed by atoms with Crippen LogP contribution >= 0.6 is 11.3 Å². The molecule has 0 amide bonds. The van der Waals surface area contributed by atoms with Crippen molar-refractivity contribution in [1.82, 2.24) is 14.5 Å². The number of ether oxygens (including phenoxy) is 1. The Morgan fingerprint density at radius 3 is 2.83 bits per heavy atom. The Labute approximate surface area is 145 Å². The molecule has 2 aromatic heterocycles. The maximum atomic E-state index is 10.9. The molecular weight excluding hydrogens is 322 g/mol. The van der Waals surface area contributed by atoms with Crippen molar-refractivity contribution in [1.29, 1.82) is 0 Å². The Bertz CT molecular complexity index is 838. The molecule has 0 saturated carbocycles. The monoisotopic (exact) mass is 340 g/mol. The minimum Gasteiger partial charge on any atom is -0.491 e. The molecule has 5 nitrogen and oxygen atoms in total. The molecule has 123 valence electrons. The highest BCUT2D eigenvalue weighted by atomic mass is 32.1. The highest BCUT2D eigenvalue weighted by molar-refractivity contribution is 7.16. The first-order valence-electron chi connectivity index (χ1n) is 7.69. The normalized spacial score (nSPS) is 11.0. The average Bonchev–Trinajstić information content (AvgIpc) is 3.22. The second-order valence-electron chi connectivity index (χ2n) is 5.89. The highest BCUT2D eigenvalue weighted by Gasteiger charge is 2.13. The Kier molecular flexibility index (Phi) is 4.76. The lowest BCUT2D eigenvalue weighted by molar-refractivity contribution is 0.270. The van der Waals surface area contributed by atoms with E-state index in [0.717, 1.165) is 22.0 Å². The smallest absolute Gasteiger partial charge is 0.246 e. The molecule has 0 aliphatic heterocycles. The number of thiazole rings is 1. The first-order valence-corrected chi connectivity index (χ1v) is 8.51. The molecule has 3 rings (SSSR count). The van der Waals surface area contributed by atoms with Gasteiger partial charge in [0.15, 0.2) is 0 Å². The summed E-state index contributed by atoms with van der Waals surface area (Å²) >= 11 is 1.34. The number of rotatable bonds is 6. The van der Waals surface area contributed by atoms with Gasteiger partial charge in [-0.3, -0.25) is 4.79 Å². The van der Waals surface area contributed by atoms with Crippen LogP contribution < -0.4 is 4.74 Å². The fourth-order valence-electron chi connectivity index (χ4n) is 2.25. The number of aryl methyl sites for hydroxylation is 1. The third kappa shape index (κ3) is 3.38. The lowest BCUT2D eigenvalue weighted by Gasteiger charge is -2.14. The topological polar surface area (TPSA) is 57.0 Å². The van der Waals surface area contributed by atoms with Crippen LogP contribution in [-0.2, 0) is 4.79 Å². The first-order chi connectivity index (χ1) is 11.6. The van der Waals surface area contributed by atoms with Crippen molar-refractivity contribution in [3.63, 3.8) is 0 Å². The van der Waals surface area contributed by atoms with Gasteiger partial charge < -0.3 is 9.30 Å². The number of hydrogen-bond acceptors (Lipinski definition) is 5. The molecule has 6 heteroatoms. The molecule has 0 N–H and O–H groups in total. The Morgan fingerprint density at radius 2 is 2.21 bits per heavy atom. The molecule has 1 radical (unpaired) electrons. The van der Waals surface area contributed by atoms with Gasteiger partial charge in [-0.05, 0) is 31.0 Å². The summed E-state index contributed by atoms with van der Waals surface area (Å²) in [7, 11) is 0. The van der Waals surface area contributed by atoms with Crippen LogP contribution in [0.3, 0.4) is 0 Å². The van der Waals surface area contributed by atoms with Gasteiger partial charge in [-0.1, -0.05) is 13.8 Å². The second kappa shape index (κ2) is 6.97. The van der Waals surface area contributed by atoms with Crippen molar-refractivity contribution in [2.24, 2.45) is 5.92 Å². The standard InChI is InChI=1S/C18H18N3O2S/c1-12(2)10-23-16-5-4-14(8-15(16)21-7-6-19-11-21)18-20-13(3)17(9-22)24-18/h4-8,11-12H,10H2,1-3H3. The number of imidazole rings is 1. The average molecular weight is 340 g/mol. The van der Waals surface area contributed by atoms with Crippen LogP contribution in [-0.4, -0.2) is 27.4 Å². The van der Waals surface area contributed by atoms with E-state index in [1.807, 2.05) is 42.2 Å². The SMILES string of the molecule is Cc1nc(-c2ccc(OCC(C)C)c(-n3ccnc3)c2)sc1[C]=O. The summed E-state index contributed by atoms with van der Waals surface area (Å²) in [6.45, 7) is 6.68. The molecule has 24 heavy (non-hydrogen) atoms. The minimum absolute atomic E-state index is 0.438. The molecule has 0 spiro atoms. The zero-order chi connectivity index (χ0) is 17.1. The third-order valence-electron chi connectivity index (χ3n) is 3.45. The van der Waals surface area contributed by atoms with Gasteiger partial charge in [0.2, 0.25) is 6.29 Å². The summed E-state index contributed by atoms with van der Waals surface area (Å²) in [6.07, 6.45) is 7.28. The maximum Gasteiger partial charge on any atom is 0.246 e. The van der Waals surface area contributed by atoms with Crippen LogP contribution in [0, 0.1) is 12.8 Å². The molecular formula is C18H18N3O2S. The Morgan fingerprint density at radius 1 is 1.38 bits per heavy atom. The van der Waals surface area contributed by atoms with Gasteiger partial charge in [0.1, 0.15) is 15.6 Å². The number of hydrogen-bond donors (Lipinski definition) is 0. The highest BCUT2D eigenvalue weighted by Crippen LogP contribution is 2.32. The van der Waals surface area contributed by atoms with Crippen LogP contribution in [0.15, 0.2) is 36.9 Å². The van der Waals surface area contributed by atoms with E-state index in [2.05, 4.69) is 23.8 Å². The van der Waals surface area contributed by atoms with Crippen LogP contribution in [0.4, 0.5) is 0 Å². The van der Waals surface area contributed by atoms with E-state index in [-0.39, 0.29) is 0 Å². The summed E-state index contributed by atoms with van der Waals surface area (Å²) in [5, 5.41) is 0.794. The van der Waals surface area contributed by atoms with Gasteiger partial charge in [-0.2, -0.15) is 0 Å². The van der Waals surface area contributed by atoms with E-state index in [1.54, 1.807) is 12.5 Å². The molecule has 3 aromatic rings. The van der Waals surface area contributed by atoms with Crippen molar-refractivity contribution >= 4 is 17.6 Å². The van der Waals surface area contributed by atoms with E-state index >= 15 is 0 Å². The second-order valence-corrected chi connectivity index (χ2v) is 6.89. The lowest BCUT2D eigenvalue weighted by Crippen LogP contribution is -2.07. The zero-order valence-electron chi connectivity index (χ0n) is 13.8. The predicted molar refractivity (Wildman–Crippen MR) is 94.5 cm³/mol. The number of benzene rings is 1. The summed E-state index contributed by atoms with van der Waals surface area (Å²) in [4.78, 5) is 20.1. The Balaban J connectivity index is 2.03. The summed E-state index contributed by atoms with van der Waals surface area (Å²) < 4.78 is 7.84. The molecule has 0 bridgehead atoms. The molecule has 1 aromatic carbocycles. The van der Waals surface area contributed by atoms with Crippen molar-refractivity contribution in [2.75, 3.05) is 6.61 Å². The largest absolute Gasteiger partial charge is 0.491 e. The number of aromatic nitrogens is 3. The van der Waals surface area contributed by atoms with Crippen molar-refractivity contribution in [3.05, 3.63) is 47.5 Å². The van der Waals surface area contributed by atoms with E-state index in [4.69, 9.17) is 4.74 Å². The van der Waals surface area contributed by atoms with Gasteiger partial charge in [-0.15, -0.1) is 11.3 Å². The third-order valence-corrected chi connectivity index (χ3v) is 4.55. The van der Waals surface area contributed by atoms with Crippen LogP contribution in [0.25, 0.3) is 16.3 Å². The van der Waals surface area contributed by atoms with Crippen LogP contribution in [0.1, 0.15) is 24.4 Å². The first kappa shape index (κ1) is 16.4. The van der Waals surface area contributed by atoms with Crippen LogP contribution in [0.2, 0.25) is 0 Å². The molecule has 0 atom stereocenters. The summed E-state index contributed by atoms with van der Waals surface area (Å²) in [5.41, 5.74) is 2.54. The number of carbonyl (C=O) groups excluding carboxylic acids is 1. The molecule has 0 aliphatic carbocycles. The fraction of sp³-hybridized carbons (Fsp3) is 0.278. The molecule has 0 saturated heterocycles. The molecule has 0 fully saturated rings. The molecule has 0 aliphatic rings. The quantitative estimate of drug-likeness (QED) is 0.685. The van der Waals surface area contributed by atoms with E-state index in [0.29, 0.717) is 23.1 Å².